The number of unbranched alkanes of at least 4 members (excludes halogenated alkanes) is 1. The fraction of sp³-hybridized carbons (Fsp3) is 0.571. The molecule has 1 aromatic carbocycles. The van der Waals surface area contributed by atoms with Gasteiger partial charge in [0.05, 0.1) is 6.61 Å². The van der Waals surface area contributed by atoms with Crippen LogP contribution in [-0.2, 0) is 0 Å². The van der Waals surface area contributed by atoms with Crippen molar-refractivity contribution < 1.29 is 4.74 Å². The summed E-state index contributed by atoms with van der Waals surface area (Å²) in [5.41, 5.74) is 0. The summed E-state index contributed by atoms with van der Waals surface area (Å²) in [5.74, 6) is 0.946. The van der Waals surface area contributed by atoms with Gasteiger partial charge in [-0.3, -0.25) is 0 Å². The van der Waals surface area contributed by atoms with E-state index in [1.165, 1.54) is 13.0 Å². The molecule has 0 aliphatic carbocycles. The Labute approximate surface area is 99.2 Å². The first-order valence-electron chi connectivity index (χ1n) is 6.18. The molecule has 0 N–H and O–H groups in total. The molecule has 1 radical (unpaired) electrons. The van der Waals surface area contributed by atoms with E-state index >= 15 is 0 Å². The third-order valence-corrected chi connectivity index (χ3v) is 2.72. The number of hydrogen-bond acceptors (Lipinski definition) is 2. The average molecular weight is 220 g/mol. The van der Waals surface area contributed by atoms with Crippen molar-refractivity contribution in [2.75, 3.05) is 26.2 Å². The molecule has 0 atom stereocenters. The van der Waals surface area contributed by atoms with E-state index in [1.807, 2.05) is 24.3 Å². The molecule has 0 aliphatic rings. The van der Waals surface area contributed by atoms with Crippen molar-refractivity contribution in [2.45, 2.75) is 26.7 Å². The fourth-order valence-corrected chi connectivity index (χ4v) is 1.64. The van der Waals surface area contributed by atoms with Gasteiger partial charge in [0, 0.05) is 0 Å². The van der Waals surface area contributed by atoms with Gasteiger partial charge in [-0.25, -0.2) is 0 Å². The minimum atomic E-state index is 0.811. The molecule has 89 valence electrons. The van der Waals surface area contributed by atoms with Gasteiger partial charge in [-0.15, -0.1) is 0 Å². The zero-order valence-electron chi connectivity index (χ0n) is 10.4. The molecule has 16 heavy (non-hydrogen) atoms. The van der Waals surface area contributed by atoms with Crippen molar-refractivity contribution >= 4 is 0 Å². The largest absolute Gasteiger partial charge is 0.494 e. The van der Waals surface area contributed by atoms with E-state index in [9.17, 15) is 0 Å². The van der Waals surface area contributed by atoms with Crippen LogP contribution in [0.4, 0.5) is 0 Å². The summed E-state index contributed by atoms with van der Waals surface area (Å²) in [6.45, 7) is 8.70. The van der Waals surface area contributed by atoms with E-state index in [2.05, 4.69) is 24.8 Å². The number of nitrogens with zero attached hydrogens (tertiary/aromatic N) is 1. The first kappa shape index (κ1) is 13.0. The SMILES string of the molecule is CCN(CC)CCCCOc1cc[c]cc1. The van der Waals surface area contributed by atoms with Gasteiger partial charge in [0.1, 0.15) is 5.75 Å². The second-order valence-electron chi connectivity index (χ2n) is 3.82. The van der Waals surface area contributed by atoms with Gasteiger partial charge >= 0.3 is 0 Å². The van der Waals surface area contributed by atoms with E-state index in [0.717, 1.165) is 31.9 Å². The van der Waals surface area contributed by atoms with E-state index in [-0.39, 0.29) is 0 Å². The molecule has 0 aromatic heterocycles. The zero-order chi connectivity index (χ0) is 11.6. The summed E-state index contributed by atoms with van der Waals surface area (Å²) in [6, 6.07) is 10.6. The average Bonchev–Trinajstić information content (AvgIpc) is 2.35. The lowest BCUT2D eigenvalue weighted by Crippen LogP contribution is -2.24. The van der Waals surface area contributed by atoms with Crippen molar-refractivity contribution in [3.05, 3.63) is 30.3 Å². The molecular formula is C14H22NO. The van der Waals surface area contributed by atoms with Crippen LogP contribution < -0.4 is 4.74 Å². The summed E-state index contributed by atoms with van der Waals surface area (Å²) < 4.78 is 5.62. The maximum absolute atomic E-state index is 5.62. The second kappa shape index (κ2) is 8.17. The Morgan fingerprint density at radius 1 is 1.12 bits per heavy atom. The minimum Gasteiger partial charge on any atom is -0.494 e. The van der Waals surface area contributed by atoms with Crippen LogP contribution in [-0.4, -0.2) is 31.1 Å². The van der Waals surface area contributed by atoms with Gasteiger partial charge in [-0.1, -0.05) is 26.0 Å². The molecule has 0 saturated carbocycles. The van der Waals surface area contributed by atoms with Gasteiger partial charge in [0.2, 0.25) is 0 Å². The standard InChI is InChI=1S/C14H22NO/c1-3-15(4-2)12-8-9-13-16-14-10-6-5-7-11-14/h6-7,10-11H,3-4,8-9,12-13H2,1-2H3. The van der Waals surface area contributed by atoms with Crippen molar-refractivity contribution in [2.24, 2.45) is 0 Å². The summed E-state index contributed by atoms with van der Waals surface area (Å²) in [4.78, 5) is 2.44. The van der Waals surface area contributed by atoms with Crippen LogP contribution in [0.5, 0.6) is 5.75 Å². The fourth-order valence-electron chi connectivity index (χ4n) is 1.64. The van der Waals surface area contributed by atoms with Crippen molar-refractivity contribution in [3.8, 4) is 5.75 Å². The van der Waals surface area contributed by atoms with Crippen LogP contribution in [0.1, 0.15) is 26.7 Å². The summed E-state index contributed by atoms with van der Waals surface area (Å²) in [5, 5.41) is 0. The summed E-state index contributed by atoms with van der Waals surface area (Å²) >= 11 is 0. The van der Waals surface area contributed by atoms with Crippen molar-refractivity contribution in [1.29, 1.82) is 0 Å². The Morgan fingerprint density at radius 2 is 1.81 bits per heavy atom. The molecule has 0 heterocycles. The predicted molar refractivity (Wildman–Crippen MR) is 67.8 cm³/mol. The lowest BCUT2D eigenvalue weighted by molar-refractivity contribution is 0.266. The van der Waals surface area contributed by atoms with Crippen LogP contribution in [0.25, 0.3) is 0 Å². The Morgan fingerprint density at radius 3 is 2.44 bits per heavy atom. The molecule has 0 aliphatic heterocycles. The van der Waals surface area contributed by atoms with Gasteiger partial charge in [-0.2, -0.15) is 0 Å². The maximum atomic E-state index is 5.62. The lowest BCUT2D eigenvalue weighted by Gasteiger charge is -2.17. The van der Waals surface area contributed by atoms with Crippen LogP contribution in [0.3, 0.4) is 0 Å². The van der Waals surface area contributed by atoms with Gasteiger partial charge in [0.25, 0.3) is 0 Å². The molecular weight excluding hydrogens is 198 g/mol. The lowest BCUT2D eigenvalue weighted by atomic mass is 10.3. The van der Waals surface area contributed by atoms with Crippen LogP contribution in [0, 0.1) is 6.07 Å². The highest BCUT2D eigenvalue weighted by Crippen LogP contribution is 2.08. The summed E-state index contributed by atoms with van der Waals surface area (Å²) in [7, 11) is 0. The molecule has 1 aromatic rings. The molecule has 0 fully saturated rings. The quantitative estimate of drug-likeness (QED) is 0.624. The highest BCUT2D eigenvalue weighted by Gasteiger charge is 1.98. The Balaban J connectivity index is 2.04. The zero-order valence-corrected chi connectivity index (χ0v) is 10.4. The van der Waals surface area contributed by atoms with E-state index in [0.29, 0.717) is 0 Å². The number of rotatable bonds is 8. The number of ether oxygens (including phenoxy) is 1. The summed E-state index contributed by atoms with van der Waals surface area (Å²) in [6.07, 6.45) is 2.33. The molecule has 0 saturated heterocycles. The Kier molecular flexibility index (Phi) is 6.66. The Hall–Kier alpha value is -1.02. The van der Waals surface area contributed by atoms with Gasteiger partial charge < -0.3 is 9.64 Å². The van der Waals surface area contributed by atoms with Crippen LogP contribution in [0.2, 0.25) is 0 Å². The first-order valence-corrected chi connectivity index (χ1v) is 6.18. The second-order valence-corrected chi connectivity index (χ2v) is 3.82. The molecule has 0 unspecified atom stereocenters. The minimum absolute atomic E-state index is 0.811. The highest BCUT2D eigenvalue weighted by atomic mass is 16.5. The van der Waals surface area contributed by atoms with Gasteiger partial charge in [-0.05, 0) is 50.7 Å². The van der Waals surface area contributed by atoms with E-state index in [4.69, 9.17) is 4.74 Å². The third kappa shape index (κ3) is 5.17. The molecule has 0 amide bonds. The van der Waals surface area contributed by atoms with E-state index in [1.54, 1.807) is 0 Å². The van der Waals surface area contributed by atoms with Crippen LogP contribution >= 0.6 is 0 Å². The number of hydrogen-bond donors (Lipinski definition) is 0. The normalized spacial score (nSPS) is 10.7. The van der Waals surface area contributed by atoms with Crippen molar-refractivity contribution in [1.82, 2.24) is 4.90 Å². The number of benzene rings is 1. The highest BCUT2D eigenvalue weighted by molar-refractivity contribution is 5.20. The third-order valence-electron chi connectivity index (χ3n) is 2.72. The maximum Gasteiger partial charge on any atom is 0.119 e. The Bertz CT molecular complexity index is 257. The van der Waals surface area contributed by atoms with Gasteiger partial charge in [0.15, 0.2) is 0 Å². The van der Waals surface area contributed by atoms with E-state index < -0.39 is 0 Å². The molecule has 2 heteroatoms. The molecule has 0 spiro atoms. The predicted octanol–water partition coefficient (Wildman–Crippen LogP) is 2.99. The monoisotopic (exact) mass is 220 g/mol. The molecule has 0 bridgehead atoms. The topological polar surface area (TPSA) is 12.5 Å². The van der Waals surface area contributed by atoms with Crippen LogP contribution in [0.15, 0.2) is 24.3 Å². The smallest absolute Gasteiger partial charge is 0.119 e. The van der Waals surface area contributed by atoms with Crippen molar-refractivity contribution in [3.63, 3.8) is 0 Å². The first-order chi connectivity index (χ1) is 7.86. The molecule has 1 rings (SSSR count). The molecule has 2 nitrogen and oxygen atoms in total.